The average molecular weight is 402 g/mol. The molecule has 0 aliphatic carbocycles. The third-order valence-electron chi connectivity index (χ3n) is 3.69. The molecule has 1 radical (unpaired) electrons. The zero-order valence-corrected chi connectivity index (χ0v) is 19.0. The fourth-order valence-electron chi connectivity index (χ4n) is 2.38. The molecule has 0 aliphatic heterocycles. The Morgan fingerprint density at radius 3 is 2.50 bits per heavy atom. The van der Waals surface area contributed by atoms with Crippen LogP contribution >= 0.6 is 23.4 Å². The van der Waals surface area contributed by atoms with Crippen molar-refractivity contribution < 1.29 is 9.53 Å². The van der Waals surface area contributed by atoms with Crippen LogP contribution in [0.3, 0.4) is 0 Å². The van der Waals surface area contributed by atoms with E-state index in [0.717, 1.165) is 24.2 Å². The first-order valence-corrected chi connectivity index (χ1v) is 10.0. The van der Waals surface area contributed by atoms with Gasteiger partial charge in [-0.25, -0.2) is 4.79 Å². The van der Waals surface area contributed by atoms with E-state index in [-0.39, 0.29) is 40.0 Å². The van der Waals surface area contributed by atoms with Crippen LogP contribution in [0.1, 0.15) is 45.4 Å². The smallest absolute Gasteiger partial charge is 0.372 e. The molecule has 0 fully saturated rings. The Hall–Kier alpha value is -0.590. The van der Waals surface area contributed by atoms with E-state index < -0.39 is 0 Å². The van der Waals surface area contributed by atoms with Gasteiger partial charge >= 0.3 is 5.30 Å². The van der Waals surface area contributed by atoms with Gasteiger partial charge in [0.25, 0.3) is 0 Å². The van der Waals surface area contributed by atoms with Gasteiger partial charge in [0.15, 0.2) is 10.9 Å². The van der Waals surface area contributed by atoms with Gasteiger partial charge in [-0.3, -0.25) is 0 Å². The molecule has 0 spiro atoms. The van der Waals surface area contributed by atoms with E-state index in [0.29, 0.717) is 11.4 Å². The quantitative estimate of drug-likeness (QED) is 0.292. The van der Waals surface area contributed by atoms with Crippen LogP contribution in [0.15, 0.2) is 36.4 Å². The normalized spacial score (nSPS) is 10.2. The van der Waals surface area contributed by atoms with E-state index in [1.54, 1.807) is 0 Å². The van der Waals surface area contributed by atoms with E-state index in [1.165, 1.54) is 43.5 Å². The van der Waals surface area contributed by atoms with Gasteiger partial charge in [-0.05, 0) is 18.2 Å². The van der Waals surface area contributed by atoms with E-state index in [1.807, 2.05) is 30.3 Å². The number of thioether (sulfide) groups is 1. The molecular weight excluding hydrogens is 379 g/mol. The largest absolute Gasteiger partial charge is 0.416 e. The van der Waals surface area contributed by atoms with Crippen LogP contribution in [0.5, 0.6) is 5.75 Å². The van der Waals surface area contributed by atoms with Gasteiger partial charge in [-0.15, -0.1) is 10.2 Å². The van der Waals surface area contributed by atoms with Crippen molar-refractivity contribution in [3.8, 4) is 17.0 Å². The Morgan fingerprint density at radius 2 is 1.77 bits per heavy atom. The molecule has 1 aromatic carbocycles. The van der Waals surface area contributed by atoms with Gasteiger partial charge in [0, 0.05) is 46.9 Å². The van der Waals surface area contributed by atoms with Gasteiger partial charge < -0.3 is 4.74 Å². The molecule has 135 valence electrons. The zero-order chi connectivity index (χ0) is 17.9. The van der Waals surface area contributed by atoms with Gasteiger partial charge in [0.05, 0.1) is 0 Å². The van der Waals surface area contributed by atoms with Gasteiger partial charge in [0.2, 0.25) is 0 Å². The Bertz CT molecular complexity index is 674. The van der Waals surface area contributed by atoms with Gasteiger partial charge in [0.1, 0.15) is 5.69 Å². The molecule has 0 bridgehead atoms. The number of benzene rings is 1. The van der Waals surface area contributed by atoms with Crippen molar-refractivity contribution in [2.45, 2.75) is 45.4 Å². The van der Waals surface area contributed by atoms with Crippen LogP contribution in [0.4, 0.5) is 4.79 Å². The molecule has 0 aliphatic rings. The summed E-state index contributed by atoms with van der Waals surface area (Å²) < 4.78 is 5.46. The second-order valence-corrected chi connectivity index (χ2v) is 7.13. The van der Waals surface area contributed by atoms with Crippen molar-refractivity contribution in [3.05, 3.63) is 41.6 Å². The van der Waals surface area contributed by atoms with Crippen molar-refractivity contribution in [3.63, 3.8) is 0 Å². The number of aromatic nitrogens is 2. The summed E-state index contributed by atoms with van der Waals surface area (Å²) in [6, 6.07) is 11.0. The van der Waals surface area contributed by atoms with Gasteiger partial charge in [-0.2, -0.15) is 0 Å². The van der Waals surface area contributed by atoms with Crippen LogP contribution in [0.2, 0.25) is 5.15 Å². The molecule has 4 nitrogen and oxygen atoms in total. The van der Waals surface area contributed by atoms with Crippen LogP contribution in [0.25, 0.3) is 11.3 Å². The molecule has 26 heavy (non-hydrogen) atoms. The van der Waals surface area contributed by atoms with E-state index in [9.17, 15) is 4.79 Å². The summed E-state index contributed by atoms with van der Waals surface area (Å²) >= 11 is 7.10. The maximum atomic E-state index is 12.1. The summed E-state index contributed by atoms with van der Waals surface area (Å²) in [6.07, 6.45) is 7.20. The topological polar surface area (TPSA) is 52.1 Å². The number of hydrogen-bond donors (Lipinski definition) is 0. The van der Waals surface area contributed by atoms with Crippen molar-refractivity contribution in [1.29, 1.82) is 0 Å². The predicted molar refractivity (Wildman–Crippen MR) is 110 cm³/mol. The molecule has 0 atom stereocenters. The minimum Gasteiger partial charge on any atom is -0.416 e. The minimum atomic E-state index is -0.338. The Kier molecular flexibility index (Phi) is 12.2. The molecular formula is C19H23ClN2NaO2S. The molecule has 0 N–H and O–H groups in total. The maximum Gasteiger partial charge on any atom is 0.372 e. The zero-order valence-electron chi connectivity index (χ0n) is 15.4. The average Bonchev–Trinajstić information content (AvgIpc) is 2.62. The SMILES string of the molecule is CCCCCCCCSC(=O)Oc1cc(Cl)nnc1-c1ccccc1.[Na]. The monoisotopic (exact) mass is 401 g/mol. The molecule has 1 aromatic heterocycles. The van der Waals surface area contributed by atoms with Crippen LogP contribution in [-0.2, 0) is 0 Å². The summed E-state index contributed by atoms with van der Waals surface area (Å²) in [4.78, 5) is 12.1. The minimum absolute atomic E-state index is 0. The molecule has 0 saturated heterocycles. The molecule has 2 aromatic rings. The first kappa shape index (κ1) is 23.4. The summed E-state index contributed by atoms with van der Waals surface area (Å²) in [5.74, 6) is 1.10. The fraction of sp³-hybridized carbons (Fsp3) is 0.421. The molecule has 0 unspecified atom stereocenters. The van der Waals surface area contributed by atoms with E-state index >= 15 is 0 Å². The van der Waals surface area contributed by atoms with Crippen LogP contribution in [0, 0.1) is 0 Å². The number of carbonyl (C=O) groups excluding carboxylic acids is 1. The van der Waals surface area contributed by atoms with Crippen LogP contribution < -0.4 is 4.74 Å². The Balaban J connectivity index is 0.00000338. The molecule has 0 saturated carbocycles. The standard InChI is InChI=1S/C19H23ClN2O2S.Na/c1-2-3-4-5-6-10-13-25-19(23)24-16-14-17(20)21-22-18(16)15-11-8-7-9-12-15;/h7-9,11-12,14H,2-6,10,13H2,1H3;. The fourth-order valence-corrected chi connectivity index (χ4v) is 3.18. The number of ether oxygens (including phenoxy) is 1. The summed E-state index contributed by atoms with van der Waals surface area (Å²) in [7, 11) is 0. The van der Waals surface area contributed by atoms with Crippen LogP contribution in [-0.4, -0.2) is 50.8 Å². The van der Waals surface area contributed by atoms with Crippen molar-refractivity contribution in [2.75, 3.05) is 5.75 Å². The van der Waals surface area contributed by atoms with E-state index in [4.69, 9.17) is 16.3 Å². The molecule has 2 rings (SSSR count). The summed E-state index contributed by atoms with van der Waals surface area (Å²) in [5, 5.41) is 7.78. The third kappa shape index (κ3) is 8.40. The van der Waals surface area contributed by atoms with Crippen molar-refractivity contribution >= 4 is 58.2 Å². The molecule has 0 amide bonds. The third-order valence-corrected chi connectivity index (χ3v) is 4.68. The number of halogens is 1. The number of hydrogen-bond acceptors (Lipinski definition) is 5. The number of rotatable bonds is 9. The number of nitrogens with zero attached hydrogens (tertiary/aromatic N) is 2. The Labute approximate surface area is 186 Å². The molecule has 7 heteroatoms. The predicted octanol–water partition coefficient (Wildman–Crippen LogP) is 6.01. The number of unbranched alkanes of at least 4 members (excludes halogenated alkanes) is 5. The van der Waals surface area contributed by atoms with Gasteiger partial charge in [-0.1, -0.05) is 81.0 Å². The van der Waals surface area contributed by atoms with E-state index in [2.05, 4.69) is 17.1 Å². The molecule has 1 heterocycles. The summed E-state index contributed by atoms with van der Waals surface area (Å²) in [6.45, 7) is 2.20. The first-order valence-electron chi connectivity index (χ1n) is 8.64. The second kappa shape index (κ2) is 13.6. The number of carbonyl (C=O) groups is 1. The second-order valence-electron chi connectivity index (χ2n) is 5.71. The first-order chi connectivity index (χ1) is 12.2. The maximum absolute atomic E-state index is 12.1. The summed E-state index contributed by atoms with van der Waals surface area (Å²) in [5.41, 5.74) is 1.34. The van der Waals surface area contributed by atoms with Crippen molar-refractivity contribution in [2.24, 2.45) is 0 Å². The Morgan fingerprint density at radius 1 is 1.08 bits per heavy atom. The van der Waals surface area contributed by atoms with Crippen molar-refractivity contribution in [1.82, 2.24) is 10.2 Å².